The fourth-order valence-corrected chi connectivity index (χ4v) is 3.29. The Morgan fingerprint density at radius 2 is 1.68 bits per heavy atom. The van der Waals surface area contributed by atoms with E-state index in [1.54, 1.807) is 21.0 Å². The Bertz CT molecular complexity index is 627. The largest absolute Gasteiger partial charge is 0.497 e. The number of hydrogen-bond donors (Lipinski definition) is 0. The van der Waals surface area contributed by atoms with Crippen LogP contribution in [0.4, 0.5) is 0 Å². The van der Waals surface area contributed by atoms with Gasteiger partial charge in [0.05, 0.1) is 20.3 Å². The molecule has 0 radical (unpaired) electrons. The molecule has 0 saturated heterocycles. The lowest BCUT2D eigenvalue weighted by atomic mass is 9.85. The number of esters is 2. The number of hydrogen-bond acceptors (Lipinski definition) is 5. The van der Waals surface area contributed by atoms with Crippen molar-refractivity contribution in [1.82, 2.24) is 0 Å². The van der Waals surface area contributed by atoms with Crippen LogP contribution in [0.5, 0.6) is 5.75 Å². The zero-order chi connectivity index (χ0) is 18.4. The topological polar surface area (TPSA) is 61.8 Å². The Hall–Kier alpha value is -2.30. The van der Waals surface area contributed by atoms with Crippen molar-refractivity contribution >= 4 is 18.0 Å². The fraction of sp³-hybridized carbons (Fsp3) is 0.500. The molecule has 1 aliphatic rings. The molecule has 1 aliphatic carbocycles. The monoisotopic (exact) mass is 346 g/mol. The molecule has 5 nitrogen and oxygen atoms in total. The van der Waals surface area contributed by atoms with Gasteiger partial charge < -0.3 is 14.2 Å². The van der Waals surface area contributed by atoms with Crippen LogP contribution in [0.15, 0.2) is 29.8 Å². The summed E-state index contributed by atoms with van der Waals surface area (Å²) in [5.74, 6) is -0.0956. The lowest BCUT2D eigenvalue weighted by Gasteiger charge is -2.24. The first-order valence-electron chi connectivity index (χ1n) is 8.65. The minimum atomic E-state index is -1.23. The van der Waals surface area contributed by atoms with Crippen LogP contribution in [0.25, 0.3) is 6.08 Å². The number of carbonyl (C=O) groups excluding carboxylic acids is 2. The van der Waals surface area contributed by atoms with Crippen LogP contribution in [0.3, 0.4) is 0 Å². The van der Waals surface area contributed by atoms with Gasteiger partial charge in [-0.15, -0.1) is 0 Å². The van der Waals surface area contributed by atoms with Crippen molar-refractivity contribution in [3.05, 3.63) is 35.4 Å². The first-order valence-corrected chi connectivity index (χ1v) is 8.65. The summed E-state index contributed by atoms with van der Waals surface area (Å²) in [6.45, 7) is 5.99. The van der Waals surface area contributed by atoms with E-state index in [2.05, 4.69) is 0 Å². The van der Waals surface area contributed by atoms with Crippen molar-refractivity contribution in [2.24, 2.45) is 11.3 Å². The number of rotatable bonds is 6. The summed E-state index contributed by atoms with van der Waals surface area (Å²) in [7, 11) is 1.62. The van der Waals surface area contributed by atoms with Crippen LogP contribution >= 0.6 is 0 Å². The highest BCUT2D eigenvalue weighted by molar-refractivity contribution is 6.01. The quantitative estimate of drug-likeness (QED) is 0.581. The van der Waals surface area contributed by atoms with Crippen molar-refractivity contribution in [1.29, 1.82) is 0 Å². The minimum absolute atomic E-state index is 0.0934. The van der Waals surface area contributed by atoms with Crippen LogP contribution in [-0.4, -0.2) is 32.3 Å². The Labute approximate surface area is 149 Å². The summed E-state index contributed by atoms with van der Waals surface area (Å²) in [4.78, 5) is 25.1. The Morgan fingerprint density at radius 1 is 1.12 bits per heavy atom. The number of methoxy groups -OCH3 is 1. The second-order valence-electron chi connectivity index (χ2n) is 6.30. The van der Waals surface area contributed by atoms with Crippen LogP contribution < -0.4 is 4.74 Å². The lowest BCUT2D eigenvalue weighted by molar-refractivity contribution is -0.171. The SMILES string of the molecule is CCOC(=O)C1(C(=O)OCC)C/C(=C\c2ccc(OC)cc2)C(C)C1. The smallest absolute Gasteiger partial charge is 0.323 e. The summed E-state index contributed by atoms with van der Waals surface area (Å²) < 4.78 is 15.5. The van der Waals surface area contributed by atoms with Gasteiger partial charge in [-0.25, -0.2) is 0 Å². The molecule has 0 bridgehead atoms. The van der Waals surface area contributed by atoms with E-state index in [0.717, 1.165) is 16.9 Å². The number of carbonyl (C=O) groups is 2. The van der Waals surface area contributed by atoms with Gasteiger partial charge in [0.1, 0.15) is 5.75 Å². The van der Waals surface area contributed by atoms with E-state index in [1.807, 2.05) is 37.3 Å². The average Bonchev–Trinajstić information content (AvgIpc) is 2.94. The molecule has 0 aromatic heterocycles. The van der Waals surface area contributed by atoms with Gasteiger partial charge in [0.15, 0.2) is 5.41 Å². The second kappa shape index (κ2) is 8.19. The summed E-state index contributed by atoms with van der Waals surface area (Å²) >= 11 is 0. The number of ether oxygens (including phenoxy) is 3. The van der Waals surface area contributed by atoms with Gasteiger partial charge in [0, 0.05) is 0 Å². The molecule has 25 heavy (non-hydrogen) atoms. The van der Waals surface area contributed by atoms with Crippen molar-refractivity contribution in [3.8, 4) is 5.75 Å². The predicted molar refractivity (Wildman–Crippen MR) is 95.1 cm³/mol. The molecular weight excluding hydrogens is 320 g/mol. The van der Waals surface area contributed by atoms with E-state index in [4.69, 9.17) is 14.2 Å². The summed E-state index contributed by atoms with van der Waals surface area (Å²) in [6.07, 6.45) is 2.77. The van der Waals surface area contributed by atoms with Gasteiger partial charge in [-0.05, 0) is 50.3 Å². The molecule has 0 amide bonds. The zero-order valence-electron chi connectivity index (χ0n) is 15.3. The highest BCUT2D eigenvalue weighted by Crippen LogP contribution is 2.47. The fourth-order valence-electron chi connectivity index (χ4n) is 3.29. The van der Waals surface area contributed by atoms with E-state index in [0.29, 0.717) is 12.8 Å². The normalized spacial score (nSPS) is 20.3. The Morgan fingerprint density at radius 3 is 2.16 bits per heavy atom. The standard InChI is InChI=1S/C20H26O5/c1-5-24-18(21)20(19(22)25-6-2)12-14(3)16(13-20)11-15-7-9-17(23-4)10-8-15/h7-11,14H,5-6,12-13H2,1-4H3/b16-11+. The Kier molecular flexibility index (Phi) is 6.23. The van der Waals surface area contributed by atoms with Gasteiger partial charge in [0.2, 0.25) is 0 Å². The van der Waals surface area contributed by atoms with Gasteiger partial charge >= 0.3 is 11.9 Å². The summed E-state index contributed by atoms with van der Waals surface area (Å²) in [6, 6.07) is 7.67. The van der Waals surface area contributed by atoms with Crippen molar-refractivity contribution in [2.45, 2.75) is 33.6 Å². The molecule has 5 heteroatoms. The molecule has 2 rings (SSSR count). The van der Waals surface area contributed by atoms with Crippen molar-refractivity contribution in [2.75, 3.05) is 20.3 Å². The number of allylic oxidation sites excluding steroid dienone is 1. The third kappa shape index (κ3) is 4.03. The van der Waals surface area contributed by atoms with Crippen LogP contribution in [0.2, 0.25) is 0 Å². The minimum Gasteiger partial charge on any atom is -0.497 e. The van der Waals surface area contributed by atoms with Gasteiger partial charge in [-0.1, -0.05) is 30.7 Å². The third-order valence-corrected chi connectivity index (χ3v) is 4.59. The maximum Gasteiger partial charge on any atom is 0.323 e. The van der Waals surface area contributed by atoms with Crippen LogP contribution in [-0.2, 0) is 19.1 Å². The van der Waals surface area contributed by atoms with Crippen molar-refractivity contribution < 1.29 is 23.8 Å². The third-order valence-electron chi connectivity index (χ3n) is 4.59. The molecule has 1 saturated carbocycles. The van der Waals surface area contributed by atoms with Gasteiger partial charge in [0.25, 0.3) is 0 Å². The first-order chi connectivity index (χ1) is 12.0. The predicted octanol–water partition coefficient (Wildman–Crippen LogP) is 3.62. The molecular formula is C20H26O5. The average molecular weight is 346 g/mol. The summed E-state index contributed by atoms with van der Waals surface area (Å²) in [5.41, 5.74) is 0.821. The lowest BCUT2D eigenvalue weighted by Crippen LogP contribution is -2.40. The molecule has 1 fully saturated rings. The second-order valence-corrected chi connectivity index (χ2v) is 6.30. The maximum atomic E-state index is 12.5. The highest BCUT2D eigenvalue weighted by Gasteiger charge is 2.54. The van der Waals surface area contributed by atoms with Crippen LogP contribution in [0.1, 0.15) is 39.2 Å². The molecule has 0 spiro atoms. The maximum absolute atomic E-state index is 12.5. The molecule has 1 atom stereocenters. The number of benzene rings is 1. The molecule has 136 valence electrons. The van der Waals surface area contributed by atoms with E-state index < -0.39 is 17.4 Å². The van der Waals surface area contributed by atoms with E-state index >= 15 is 0 Å². The highest BCUT2D eigenvalue weighted by atomic mass is 16.6. The van der Waals surface area contributed by atoms with Crippen LogP contribution in [0, 0.1) is 11.3 Å². The zero-order valence-corrected chi connectivity index (χ0v) is 15.3. The molecule has 0 aliphatic heterocycles. The van der Waals surface area contributed by atoms with Gasteiger partial charge in [-0.2, -0.15) is 0 Å². The van der Waals surface area contributed by atoms with Gasteiger partial charge in [-0.3, -0.25) is 9.59 Å². The van der Waals surface area contributed by atoms with E-state index in [-0.39, 0.29) is 19.1 Å². The molecule has 1 aromatic rings. The summed E-state index contributed by atoms with van der Waals surface area (Å²) in [5, 5.41) is 0. The first kappa shape index (κ1) is 19.0. The Balaban J connectivity index is 2.31. The van der Waals surface area contributed by atoms with Crippen molar-refractivity contribution in [3.63, 3.8) is 0 Å². The molecule has 1 aromatic carbocycles. The van der Waals surface area contributed by atoms with E-state index in [9.17, 15) is 9.59 Å². The molecule has 0 N–H and O–H groups in total. The van der Waals surface area contributed by atoms with E-state index in [1.165, 1.54) is 0 Å². The molecule has 0 heterocycles. The molecule has 1 unspecified atom stereocenters.